The Balaban J connectivity index is 1.50. The van der Waals surface area contributed by atoms with E-state index in [-0.39, 0.29) is 11.8 Å². The van der Waals surface area contributed by atoms with Gasteiger partial charge in [0, 0.05) is 24.0 Å². The first kappa shape index (κ1) is 20.7. The number of benzene rings is 3. The van der Waals surface area contributed by atoms with Crippen molar-refractivity contribution >= 4 is 23.1 Å². The third-order valence-electron chi connectivity index (χ3n) is 7.03. The minimum absolute atomic E-state index is 0.376. The standard InChI is InChI=1S/C28H18F3NO2/c29-17-13-20(30)26(21(31)14-17)32-27(33)24-18-11-12-19(25(24)28(32)34)23(18)22(15-7-3-1-4-8-15)16-9-5-2-6-10-16/h1-14,18-19,24-25H/t18-,19-,24-,25-/m1/s1. The third kappa shape index (κ3) is 2.84. The molecule has 2 bridgehead atoms. The summed E-state index contributed by atoms with van der Waals surface area (Å²) in [5.74, 6) is -7.25. The maximum absolute atomic E-state index is 14.5. The van der Waals surface area contributed by atoms with Gasteiger partial charge < -0.3 is 0 Å². The molecule has 1 saturated heterocycles. The molecule has 6 heteroatoms. The lowest BCUT2D eigenvalue weighted by Crippen LogP contribution is -2.34. The van der Waals surface area contributed by atoms with Gasteiger partial charge in [0.2, 0.25) is 11.8 Å². The fourth-order valence-electron chi connectivity index (χ4n) is 5.77. The number of amides is 2. The number of rotatable bonds is 3. The van der Waals surface area contributed by atoms with Gasteiger partial charge in [-0.1, -0.05) is 72.8 Å². The van der Waals surface area contributed by atoms with Crippen molar-refractivity contribution in [3.63, 3.8) is 0 Å². The molecule has 34 heavy (non-hydrogen) atoms. The molecule has 6 rings (SSSR count). The highest BCUT2D eigenvalue weighted by atomic mass is 19.1. The zero-order chi connectivity index (χ0) is 23.6. The van der Waals surface area contributed by atoms with Crippen LogP contribution in [-0.4, -0.2) is 11.8 Å². The topological polar surface area (TPSA) is 37.4 Å². The van der Waals surface area contributed by atoms with Crippen molar-refractivity contribution in [2.75, 3.05) is 4.90 Å². The van der Waals surface area contributed by atoms with E-state index in [4.69, 9.17) is 0 Å². The number of hydrogen-bond acceptors (Lipinski definition) is 2. The second-order valence-corrected chi connectivity index (χ2v) is 8.78. The predicted octanol–water partition coefficient (Wildman–Crippen LogP) is 5.53. The van der Waals surface area contributed by atoms with Crippen LogP contribution < -0.4 is 4.90 Å². The van der Waals surface area contributed by atoms with E-state index in [9.17, 15) is 22.8 Å². The Hall–Kier alpha value is -3.93. The smallest absolute Gasteiger partial charge is 0.238 e. The van der Waals surface area contributed by atoms with E-state index < -0.39 is 46.8 Å². The molecule has 3 aromatic carbocycles. The summed E-state index contributed by atoms with van der Waals surface area (Å²) in [4.78, 5) is 27.5. The number of carbonyl (C=O) groups excluding carboxylic acids is 2. The van der Waals surface area contributed by atoms with Crippen LogP contribution >= 0.6 is 0 Å². The summed E-state index contributed by atoms with van der Waals surface area (Å²) in [7, 11) is 0. The lowest BCUT2D eigenvalue weighted by atomic mass is 9.85. The first-order chi connectivity index (χ1) is 16.5. The van der Waals surface area contributed by atoms with Crippen molar-refractivity contribution in [1.29, 1.82) is 0 Å². The molecule has 2 amide bonds. The molecule has 1 heterocycles. The molecule has 0 radical (unpaired) electrons. The van der Waals surface area contributed by atoms with E-state index >= 15 is 0 Å². The Morgan fingerprint density at radius 2 is 1.12 bits per heavy atom. The quantitative estimate of drug-likeness (QED) is 0.383. The van der Waals surface area contributed by atoms with E-state index in [0.717, 1.165) is 22.3 Å². The first-order valence-electron chi connectivity index (χ1n) is 11.0. The summed E-state index contributed by atoms with van der Waals surface area (Å²) in [6, 6.07) is 20.5. The zero-order valence-electron chi connectivity index (χ0n) is 17.8. The number of imide groups is 1. The fraction of sp³-hybridized carbons (Fsp3) is 0.143. The molecule has 0 unspecified atom stereocenters. The maximum atomic E-state index is 14.5. The second-order valence-electron chi connectivity index (χ2n) is 8.78. The fourth-order valence-corrected chi connectivity index (χ4v) is 5.77. The van der Waals surface area contributed by atoms with Crippen molar-refractivity contribution in [3.05, 3.63) is 119 Å². The Bertz CT molecular complexity index is 1300. The van der Waals surface area contributed by atoms with Gasteiger partial charge in [-0.15, -0.1) is 0 Å². The Morgan fingerprint density at radius 3 is 1.56 bits per heavy atom. The van der Waals surface area contributed by atoms with E-state index in [1.165, 1.54) is 0 Å². The molecular weight excluding hydrogens is 439 g/mol. The van der Waals surface area contributed by atoms with Gasteiger partial charge in [-0.05, 0) is 22.3 Å². The first-order valence-corrected chi connectivity index (χ1v) is 11.0. The number of hydrogen-bond donors (Lipinski definition) is 0. The van der Waals surface area contributed by atoms with Crippen LogP contribution in [0.4, 0.5) is 18.9 Å². The van der Waals surface area contributed by atoms with Crippen LogP contribution in [0.2, 0.25) is 0 Å². The van der Waals surface area contributed by atoms with E-state index in [1.807, 2.05) is 72.8 Å². The summed E-state index contributed by atoms with van der Waals surface area (Å²) in [6.07, 6.45) is 3.83. The molecule has 0 aromatic heterocycles. The molecule has 0 spiro atoms. The van der Waals surface area contributed by atoms with Crippen molar-refractivity contribution in [1.82, 2.24) is 0 Å². The molecule has 3 nitrogen and oxygen atoms in total. The van der Waals surface area contributed by atoms with Crippen LogP contribution in [0.15, 0.2) is 90.5 Å². The van der Waals surface area contributed by atoms with Gasteiger partial charge in [-0.25, -0.2) is 18.1 Å². The average molecular weight is 457 g/mol. The minimum Gasteiger partial charge on any atom is -0.274 e. The highest BCUT2D eigenvalue weighted by molar-refractivity contribution is 6.23. The van der Waals surface area contributed by atoms with Crippen LogP contribution in [0.25, 0.3) is 5.57 Å². The summed E-state index contributed by atoms with van der Waals surface area (Å²) in [6.45, 7) is 0. The largest absolute Gasteiger partial charge is 0.274 e. The maximum Gasteiger partial charge on any atom is 0.238 e. The number of halogens is 3. The molecule has 2 aliphatic carbocycles. The molecule has 4 atom stereocenters. The summed E-state index contributed by atoms with van der Waals surface area (Å²) in [5.41, 5.74) is 3.06. The molecule has 3 aromatic rings. The van der Waals surface area contributed by atoms with Gasteiger partial charge in [0.25, 0.3) is 0 Å². The molecule has 1 aliphatic heterocycles. The van der Waals surface area contributed by atoms with E-state index in [2.05, 4.69) is 0 Å². The van der Waals surface area contributed by atoms with E-state index in [0.29, 0.717) is 17.0 Å². The second kappa shape index (κ2) is 7.55. The minimum atomic E-state index is -1.27. The summed E-state index contributed by atoms with van der Waals surface area (Å²) >= 11 is 0. The average Bonchev–Trinajstić information content (AvgIpc) is 3.46. The molecule has 0 N–H and O–H groups in total. The van der Waals surface area contributed by atoms with Gasteiger partial charge in [-0.3, -0.25) is 9.59 Å². The van der Waals surface area contributed by atoms with Crippen LogP contribution in [0.1, 0.15) is 11.1 Å². The van der Waals surface area contributed by atoms with Crippen LogP contribution in [0, 0.1) is 41.1 Å². The summed E-state index contributed by atoms with van der Waals surface area (Å²) in [5, 5.41) is 0. The Morgan fingerprint density at radius 1 is 0.676 bits per heavy atom. The van der Waals surface area contributed by atoms with Crippen LogP contribution in [0.5, 0.6) is 0 Å². The summed E-state index contributed by atoms with van der Waals surface area (Å²) < 4.78 is 42.4. The van der Waals surface area contributed by atoms with Gasteiger partial charge >= 0.3 is 0 Å². The van der Waals surface area contributed by atoms with Crippen molar-refractivity contribution < 1.29 is 22.8 Å². The van der Waals surface area contributed by atoms with Gasteiger partial charge in [0.15, 0.2) is 11.6 Å². The Kier molecular flexibility index (Phi) is 4.59. The third-order valence-corrected chi connectivity index (χ3v) is 7.03. The van der Waals surface area contributed by atoms with Crippen LogP contribution in [-0.2, 0) is 9.59 Å². The zero-order valence-corrected chi connectivity index (χ0v) is 17.8. The van der Waals surface area contributed by atoms with Crippen LogP contribution in [0.3, 0.4) is 0 Å². The number of allylic oxidation sites excluding steroid dienone is 3. The van der Waals surface area contributed by atoms with Crippen molar-refractivity contribution in [2.45, 2.75) is 0 Å². The number of fused-ring (bicyclic) bond motifs is 5. The SMILES string of the molecule is O=C1[C@H]2[C@H](C(=O)N1c1c(F)cc(F)cc1F)[C@@H]1C=C[C@@H]2C1=C(c1ccccc1)c1ccccc1. The number of carbonyl (C=O) groups is 2. The number of anilines is 1. The van der Waals surface area contributed by atoms with Gasteiger partial charge in [-0.2, -0.15) is 0 Å². The molecule has 2 fully saturated rings. The van der Waals surface area contributed by atoms with Crippen molar-refractivity contribution in [3.8, 4) is 0 Å². The number of nitrogens with zero attached hydrogens (tertiary/aromatic N) is 1. The molecule has 3 aliphatic rings. The van der Waals surface area contributed by atoms with E-state index in [1.54, 1.807) is 0 Å². The van der Waals surface area contributed by atoms with Gasteiger partial charge in [0.05, 0.1) is 11.8 Å². The highest BCUT2D eigenvalue weighted by Crippen LogP contribution is 2.59. The molecule has 168 valence electrons. The highest BCUT2D eigenvalue weighted by Gasteiger charge is 2.63. The van der Waals surface area contributed by atoms with Gasteiger partial charge in [0.1, 0.15) is 11.5 Å². The molecular formula is C28H18F3NO2. The normalized spacial score (nSPS) is 24.8. The monoisotopic (exact) mass is 457 g/mol. The predicted molar refractivity (Wildman–Crippen MR) is 121 cm³/mol. The van der Waals surface area contributed by atoms with Crippen molar-refractivity contribution in [2.24, 2.45) is 23.7 Å². The lowest BCUT2D eigenvalue weighted by molar-refractivity contribution is -0.123. The Labute approximate surface area is 193 Å². The molecule has 1 saturated carbocycles. The lowest BCUT2D eigenvalue weighted by Gasteiger charge is -2.22.